The van der Waals surface area contributed by atoms with Gasteiger partial charge in [0.2, 0.25) is 0 Å². The van der Waals surface area contributed by atoms with Gasteiger partial charge in [-0.2, -0.15) is 0 Å². The molecule has 1 aromatic carbocycles. The van der Waals surface area contributed by atoms with Crippen molar-refractivity contribution >= 4 is 73.6 Å². The lowest BCUT2D eigenvalue weighted by Gasteiger charge is -2.23. The molecule has 2 aliphatic rings. The number of nitrogens with one attached hydrogen (secondary N) is 1. The zero-order valence-electron chi connectivity index (χ0n) is 17.9. The number of thiophene rings is 1. The van der Waals surface area contributed by atoms with Gasteiger partial charge in [0.15, 0.2) is 0 Å². The van der Waals surface area contributed by atoms with E-state index < -0.39 is 0 Å². The van der Waals surface area contributed by atoms with Crippen LogP contribution in [0.25, 0.3) is 0 Å². The summed E-state index contributed by atoms with van der Waals surface area (Å²) in [6, 6.07) is 4.37. The van der Waals surface area contributed by atoms with Gasteiger partial charge in [-0.15, -0.1) is 17.8 Å². The van der Waals surface area contributed by atoms with Gasteiger partial charge in [0.25, 0.3) is 5.91 Å². The molecule has 0 bridgehead atoms. The number of aliphatic imine (C=N–C) groups is 1. The highest BCUT2D eigenvalue weighted by atomic mass is 127. The molecule has 2 aromatic rings. The predicted octanol–water partition coefficient (Wildman–Crippen LogP) is 6.66. The SMILES string of the molecule is C#CCOc1c(I)cc(C=Nc2sc3c(c2C(=O)NC2CCCCC2)CCCC3)cc1I. The molecule has 168 valence electrons. The molecule has 4 nitrogen and oxygen atoms in total. The summed E-state index contributed by atoms with van der Waals surface area (Å²) in [6.45, 7) is 0.250. The lowest BCUT2D eigenvalue weighted by molar-refractivity contribution is 0.0927. The second-order valence-corrected chi connectivity index (χ2v) is 11.7. The van der Waals surface area contributed by atoms with Gasteiger partial charge in [-0.05, 0) is 107 Å². The number of amides is 1. The molecule has 0 saturated heterocycles. The van der Waals surface area contributed by atoms with Crippen molar-refractivity contribution in [2.45, 2.75) is 63.8 Å². The number of carbonyl (C=O) groups is 1. The van der Waals surface area contributed by atoms with Crippen LogP contribution >= 0.6 is 56.5 Å². The summed E-state index contributed by atoms with van der Waals surface area (Å²) in [7, 11) is 0. The van der Waals surface area contributed by atoms with Crippen LogP contribution in [0.15, 0.2) is 17.1 Å². The molecule has 4 rings (SSSR count). The van der Waals surface area contributed by atoms with Gasteiger partial charge < -0.3 is 10.1 Å². The van der Waals surface area contributed by atoms with E-state index in [0.29, 0.717) is 6.04 Å². The summed E-state index contributed by atoms with van der Waals surface area (Å²) in [5.74, 6) is 3.38. The molecule has 1 aromatic heterocycles. The molecule has 1 amide bonds. The minimum atomic E-state index is 0.0608. The van der Waals surface area contributed by atoms with Crippen LogP contribution in [0.3, 0.4) is 0 Å². The number of hydrogen-bond acceptors (Lipinski definition) is 4. The van der Waals surface area contributed by atoms with Gasteiger partial charge in [-0.3, -0.25) is 4.79 Å². The predicted molar refractivity (Wildman–Crippen MR) is 149 cm³/mol. The highest BCUT2D eigenvalue weighted by Gasteiger charge is 2.27. The summed E-state index contributed by atoms with van der Waals surface area (Å²) in [4.78, 5) is 19.5. The monoisotopic (exact) mass is 672 g/mol. The summed E-state index contributed by atoms with van der Waals surface area (Å²) in [6.07, 6.45) is 17.4. The summed E-state index contributed by atoms with van der Waals surface area (Å²) < 4.78 is 7.65. The van der Waals surface area contributed by atoms with Crippen LogP contribution in [0, 0.1) is 19.5 Å². The van der Waals surface area contributed by atoms with Crippen molar-refractivity contribution in [1.29, 1.82) is 0 Å². The van der Waals surface area contributed by atoms with E-state index in [-0.39, 0.29) is 12.5 Å². The van der Waals surface area contributed by atoms with E-state index in [0.717, 1.165) is 61.1 Å². The van der Waals surface area contributed by atoms with E-state index in [9.17, 15) is 4.79 Å². The van der Waals surface area contributed by atoms with Crippen molar-refractivity contribution in [1.82, 2.24) is 5.32 Å². The Morgan fingerprint density at radius 2 is 1.91 bits per heavy atom. The lowest BCUT2D eigenvalue weighted by atomic mass is 9.93. The fraction of sp³-hybridized carbons (Fsp3) is 0.440. The maximum atomic E-state index is 13.3. The van der Waals surface area contributed by atoms with E-state index in [1.54, 1.807) is 11.3 Å². The van der Waals surface area contributed by atoms with E-state index >= 15 is 0 Å². The molecule has 0 atom stereocenters. The molecule has 0 spiro atoms. The fourth-order valence-corrected chi connectivity index (χ4v) is 7.78. The van der Waals surface area contributed by atoms with Crippen LogP contribution in [0.4, 0.5) is 5.00 Å². The van der Waals surface area contributed by atoms with Crippen molar-refractivity contribution in [3.63, 3.8) is 0 Å². The second kappa shape index (κ2) is 11.3. The lowest BCUT2D eigenvalue weighted by Crippen LogP contribution is -2.36. The zero-order chi connectivity index (χ0) is 22.5. The van der Waals surface area contributed by atoms with Crippen LogP contribution in [0.5, 0.6) is 5.75 Å². The number of ether oxygens (including phenoxy) is 1. The number of hydrogen-bond donors (Lipinski definition) is 1. The van der Waals surface area contributed by atoms with Gasteiger partial charge >= 0.3 is 0 Å². The third kappa shape index (κ3) is 5.68. The number of terminal acetylenes is 1. The first kappa shape index (κ1) is 24.0. The van der Waals surface area contributed by atoms with Crippen molar-refractivity contribution in [2.24, 2.45) is 4.99 Å². The number of fused-ring (bicyclic) bond motifs is 1. The Balaban J connectivity index is 1.60. The molecule has 2 aliphatic carbocycles. The summed E-state index contributed by atoms with van der Waals surface area (Å²) in [5.41, 5.74) is 3.02. The Kier molecular flexibility index (Phi) is 8.51. The average Bonchev–Trinajstić information content (AvgIpc) is 3.16. The van der Waals surface area contributed by atoms with Crippen LogP contribution in [-0.2, 0) is 12.8 Å². The molecule has 1 heterocycles. The highest BCUT2D eigenvalue weighted by molar-refractivity contribution is 14.1. The summed E-state index contributed by atoms with van der Waals surface area (Å²) in [5, 5.41) is 4.15. The maximum Gasteiger partial charge on any atom is 0.254 e. The number of nitrogens with zero attached hydrogens (tertiary/aromatic N) is 1. The molecule has 0 radical (unpaired) electrons. The van der Waals surface area contributed by atoms with E-state index in [1.807, 2.05) is 18.3 Å². The molecule has 0 unspecified atom stereocenters. The minimum absolute atomic E-state index is 0.0608. The molecule has 0 aliphatic heterocycles. The average molecular weight is 672 g/mol. The van der Waals surface area contributed by atoms with Crippen LogP contribution in [0.2, 0.25) is 0 Å². The van der Waals surface area contributed by atoms with Gasteiger partial charge in [-0.1, -0.05) is 25.2 Å². The molecule has 1 N–H and O–H groups in total. The number of aryl methyl sites for hydroxylation is 1. The first-order valence-corrected chi connectivity index (χ1v) is 14.1. The van der Waals surface area contributed by atoms with Crippen LogP contribution in [-0.4, -0.2) is 24.8 Å². The second-order valence-electron chi connectivity index (χ2n) is 8.26. The van der Waals surface area contributed by atoms with E-state index in [4.69, 9.17) is 16.2 Å². The quantitative estimate of drug-likeness (QED) is 0.212. The molecule has 1 fully saturated rings. The number of rotatable bonds is 6. The maximum absolute atomic E-state index is 13.3. The molecule has 1 saturated carbocycles. The Bertz CT molecular complexity index is 1040. The van der Waals surface area contributed by atoms with Crippen molar-refractivity contribution < 1.29 is 9.53 Å². The third-order valence-electron chi connectivity index (χ3n) is 5.97. The topological polar surface area (TPSA) is 50.7 Å². The minimum Gasteiger partial charge on any atom is -0.479 e. The zero-order valence-corrected chi connectivity index (χ0v) is 23.0. The van der Waals surface area contributed by atoms with Crippen molar-refractivity contribution in [3.05, 3.63) is 40.8 Å². The smallest absolute Gasteiger partial charge is 0.254 e. The first-order valence-electron chi connectivity index (χ1n) is 11.1. The molecular weight excluding hydrogens is 646 g/mol. The third-order valence-corrected chi connectivity index (χ3v) is 8.77. The van der Waals surface area contributed by atoms with E-state index in [2.05, 4.69) is 56.4 Å². The Hall–Kier alpha value is -1.12. The molecule has 7 heteroatoms. The standard InChI is InChI=1S/C25H26I2N2O2S/c1-2-12-31-23-19(26)13-16(14-20(23)27)15-28-25-22(18-10-6-7-11-21(18)32-25)24(30)29-17-8-4-3-5-9-17/h1,13-15,17H,3-12H2,(H,29,30). The molecular formula is C25H26I2N2O2S. The van der Waals surface area contributed by atoms with Gasteiger partial charge in [0, 0.05) is 17.1 Å². The number of carbonyl (C=O) groups excluding carboxylic acids is 1. The van der Waals surface area contributed by atoms with E-state index in [1.165, 1.54) is 36.1 Å². The highest BCUT2D eigenvalue weighted by Crippen LogP contribution is 2.40. The first-order chi connectivity index (χ1) is 15.6. The Morgan fingerprint density at radius 1 is 1.19 bits per heavy atom. The Labute approximate surface area is 221 Å². The van der Waals surface area contributed by atoms with Crippen molar-refractivity contribution in [3.8, 4) is 18.1 Å². The normalized spacial score (nSPS) is 16.5. The largest absolute Gasteiger partial charge is 0.479 e. The number of halogens is 2. The van der Waals surface area contributed by atoms with Gasteiger partial charge in [-0.25, -0.2) is 4.99 Å². The van der Waals surface area contributed by atoms with Crippen LogP contribution in [0.1, 0.15) is 71.3 Å². The summed E-state index contributed by atoms with van der Waals surface area (Å²) >= 11 is 6.21. The van der Waals surface area contributed by atoms with Gasteiger partial charge in [0.1, 0.15) is 17.4 Å². The van der Waals surface area contributed by atoms with Gasteiger partial charge in [0.05, 0.1) is 12.7 Å². The van der Waals surface area contributed by atoms with Crippen molar-refractivity contribution in [2.75, 3.05) is 6.61 Å². The Morgan fingerprint density at radius 3 is 2.62 bits per heavy atom. The van der Waals surface area contributed by atoms with Crippen LogP contribution < -0.4 is 10.1 Å². The number of benzene rings is 1. The fourth-order valence-electron chi connectivity index (χ4n) is 4.42. The molecule has 32 heavy (non-hydrogen) atoms.